The van der Waals surface area contributed by atoms with Crippen molar-refractivity contribution in [2.75, 3.05) is 6.54 Å². The molecule has 0 bridgehead atoms. The first-order valence-electron chi connectivity index (χ1n) is 9.10. The number of hydrogen-bond donors (Lipinski definition) is 1. The van der Waals surface area contributed by atoms with E-state index < -0.39 is 30.1 Å². The van der Waals surface area contributed by atoms with Gasteiger partial charge in [0.25, 0.3) is 0 Å². The minimum Gasteiger partial charge on any atom is -0.548 e. The van der Waals surface area contributed by atoms with Crippen molar-refractivity contribution in [2.24, 2.45) is 0 Å². The average Bonchev–Trinajstić information content (AvgIpc) is 3.21. The molecule has 0 aromatic heterocycles. The number of nitrogens with one attached hydrogen (secondary N) is 1. The fourth-order valence-corrected chi connectivity index (χ4v) is 3.22. The molecule has 0 spiro atoms. The van der Waals surface area contributed by atoms with E-state index in [-0.39, 0.29) is 6.61 Å². The molecule has 2 amide bonds. The van der Waals surface area contributed by atoms with Gasteiger partial charge in [-0.05, 0) is 24.0 Å². The Kier molecular flexibility index (Phi) is 6.26. The van der Waals surface area contributed by atoms with Gasteiger partial charge < -0.3 is 20.0 Å². The standard InChI is InChI=1S/C21H22N2O5/c24-19(22-18(20(25)26)16-10-5-2-6-11-16)17-12-7-13-23(17)21(27)28-14-15-8-3-1-4-9-15/h1-6,8-11,17-18H,7,12-14H2,(H,22,24)(H,25,26)/p-1/t17-,18+/m1/s1. The van der Waals surface area contributed by atoms with Crippen molar-refractivity contribution in [3.63, 3.8) is 0 Å². The third kappa shape index (κ3) is 4.68. The van der Waals surface area contributed by atoms with Crippen LogP contribution in [0.15, 0.2) is 60.7 Å². The van der Waals surface area contributed by atoms with Crippen LogP contribution < -0.4 is 10.4 Å². The number of rotatable bonds is 6. The predicted molar refractivity (Wildman–Crippen MR) is 98.7 cm³/mol. The van der Waals surface area contributed by atoms with Gasteiger partial charge in [-0.15, -0.1) is 0 Å². The molecule has 2 aromatic rings. The lowest BCUT2D eigenvalue weighted by Crippen LogP contribution is -2.50. The molecule has 1 saturated heterocycles. The number of benzene rings is 2. The van der Waals surface area contributed by atoms with Crippen molar-refractivity contribution in [3.05, 3.63) is 71.8 Å². The number of likely N-dealkylation sites (tertiary alicyclic amines) is 1. The van der Waals surface area contributed by atoms with E-state index in [4.69, 9.17) is 4.74 Å². The van der Waals surface area contributed by atoms with Crippen molar-refractivity contribution in [3.8, 4) is 0 Å². The fraction of sp³-hybridized carbons (Fsp3) is 0.286. The van der Waals surface area contributed by atoms with Gasteiger partial charge in [0.2, 0.25) is 5.91 Å². The first-order valence-corrected chi connectivity index (χ1v) is 9.10. The molecule has 2 aromatic carbocycles. The van der Waals surface area contributed by atoms with Gasteiger partial charge in [-0.2, -0.15) is 0 Å². The molecule has 0 unspecified atom stereocenters. The van der Waals surface area contributed by atoms with Crippen LogP contribution in [-0.2, 0) is 20.9 Å². The van der Waals surface area contributed by atoms with Gasteiger partial charge in [0.1, 0.15) is 12.6 Å². The molecule has 28 heavy (non-hydrogen) atoms. The van der Waals surface area contributed by atoms with Crippen LogP contribution in [0, 0.1) is 0 Å². The second kappa shape index (κ2) is 9.03. The SMILES string of the molecule is O=C([O-])[C@@H](NC(=O)[C@H]1CCCN1C(=O)OCc1ccccc1)c1ccccc1. The number of carbonyl (C=O) groups is 3. The maximum absolute atomic E-state index is 12.7. The Morgan fingerprint density at radius 1 is 1.07 bits per heavy atom. The lowest BCUT2D eigenvalue weighted by atomic mass is 10.1. The van der Waals surface area contributed by atoms with E-state index in [1.807, 2.05) is 30.3 Å². The first kappa shape index (κ1) is 19.4. The molecule has 1 fully saturated rings. The van der Waals surface area contributed by atoms with Gasteiger partial charge in [0.15, 0.2) is 0 Å². The van der Waals surface area contributed by atoms with Crippen LogP contribution in [0.4, 0.5) is 4.79 Å². The van der Waals surface area contributed by atoms with Crippen molar-refractivity contribution in [1.29, 1.82) is 0 Å². The summed E-state index contributed by atoms with van der Waals surface area (Å²) in [6, 6.07) is 15.5. The van der Waals surface area contributed by atoms with Gasteiger partial charge >= 0.3 is 6.09 Å². The molecule has 0 radical (unpaired) electrons. The third-order valence-corrected chi connectivity index (χ3v) is 4.65. The van der Waals surface area contributed by atoms with Crippen LogP contribution >= 0.6 is 0 Å². The van der Waals surface area contributed by atoms with Crippen LogP contribution in [-0.4, -0.2) is 35.5 Å². The van der Waals surface area contributed by atoms with E-state index in [9.17, 15) is 19.5 Å². The zero-order valence-corrected chi connectivity index (χ0v) is 15.2. The van der Waals surface area contributed by atoms with Gasteiger partial charge in [0.05, 0.1) is 12.0 Å². The zero-order valence-electron chi connectivity index (χ0n) is 15.2. The maximum Gasteiger partial charge on any atom is 0.410 e. The van der Waals surface area contributed by atoms with Crippen molar-refractivity contribution in [1.82, 2.24) is 10.2 Å². The Morgan fingerprint density at radius 3 is 2.36 bits per heavy atom. The number of hydrogen-bond acceptors (Lipinski definition) is 5. The lowest BCUT2D eigenvalue weighted by molar-refractivity contribution is -0.308. The molecular formula is C21H21N2O5-. The predicted octanol–water partition coefficient (Wildman–Crippen LogP) is 1.40. The van der Waals surface area contributed by atoms with E-state index in [2.05, 4.69) is 5.32 Å². The maximum atomic E-state index is 12.7. The largest absolute Gasteiger partial charge is 0.548 e. The molecule has 0 aliphatic carbocycles. The van der Waals surface area contributed by atoms with E-state index in [1.54, 1.807) is 30.3 Å². The number of carbonyl (C=O) groups excluding carboxylic acids is 3. The zero-order chi connectivity index (χ0) is 19.9. The topological polar surface area (TPSA) is 98.8 Å². The van der Waals surface area contributed by atoms with Gasteiger partial charge in [0, 0.05) is 6.54 Å². The molecule has 1 aliphatic rings. The highest BCUT2D eigenvalue weighted by molar-refractivity contribution is 5.89. The average molecular weight is 381 g/mol. The van der Waals surface area contributed by atoms with E-state index in [0.29, 0.717) is 24.9 Å². The Hall–Kier alpha value is -3.35. The van der Waals surface area contributed by atoms with E-state index >= 15 is 0 Å². The highest BCUT2D eigenvalue weighted by Gasteiger charge is 2.36. The Morgan fingerprint density at radius 2 is 1.71 bits per heavy atom. The highest BCUT2D eigenvalue weighted by Crippen LogP contribution is 2.21. The smallest absolute Gasteiger partial charge is 0.410 e. The van der Waals surface area contributed by atoms with E-state index in [1.165, 1.54) is 4.90 Å². The number of aliphatic carboxylic acids is 1. The molecule has 0 saturated carbocycles. The molecular weight excluding hydrogens is 360 g/mol. The van der Waals surface area contributed by atoms with Crippen molar-refractivity contribution < 1.29 is 24.2 Å². The van der Waals surface area contributed by atoms with Crippen LogP contribution in [0.1, 0.15) is 30.0 Å². The molecule has 1 heterocycles. The summed E-state index contributed by atoms with van der Waals surface area (Å²) in [4.78, 5) is 37.9. The molecule has 1 N–H and O–H groups in total. The van der Waals surface area contributed by atoms with Crippen LogP contribution in [0.25, 0.3) is 0 Å². The summed E-state index contributed by atoms with van der Waals surface area (Å²) in [6.45, 7) is 0.489. The van der Waals surface area contributed by atoms with Crippen molar-refractivity contribution in [2.45, 2.75) is 31.5 Å². The summed E-state index contributed by atoms with van der Waals surface area (Å²) < 4.78 is 5.31. The Labute approximate surface area is 162 Å². The van der Waals surface area contributed by atoms with Crippen LogP contribution in [0.5, 0.6) is 0 Å². The summed E-state index contributed by atoms with van der Waals surface area (Å²) in [7, 11) is 0. The highest BCUT2D eigenvalue weighted by atomic mass is 16.6. The lowest BCUT2D eigenvalue weighted by Gasteiger charge is -2.26. The summed E-state index contributed by atoms with van der Waals surface area (Å²) in [6.07, 6.45) is 0.493. The summed E-state index contributed by atoms with van der Waals surface area (Å²) in [5.74, 6) is -1.94. The van der Waals surface area contributed by atoms with Gasteiger partial charge in [-0.1, -0.05) is 60.7 Å². The fourth-order valence-electron chi connectivity index (χ4n) is 3.22. The minimum atomic E-state index is -1.41. The second-order valence-corrected chi connectivity index (χ2v) is 6.56. The molecule has 146 valence electrons. The number of ether oxygens (including phenoxy) is 1. The molecule has 2 atom stereocenters. The van der Waals surface area contributed by atoms with Crippen LogP contribution in [0.2, 0.25) is 0 Å². The van der Waals surface area contributed by atoms with Crippen LogP contribution in [0.3, 0.4) is 0 Å². The number of amides is 2. The number of nitrogens with zero attached hydrogens (tertiary/aromatic N) is 1. The van der Waals surface area contributed by atoms with E-state index in [0.717, 1.165) is 5.56 Å². The first-order chi connectivity index (χ1) is 13.6. The summed E-state index contributed by atoms with van der Waals surface area (Å²) >= 11 is 0. The Balaban J connectivity index is 1.63. The molecule has 3 rings (SSSR count). The number of carboxylic acid groups (broad SMARTS) is 1. The number of carboxylic acids is 1. The third-order valence-electron chi connectivity index (χ3n) is 4.65. The molecule has 1 aliphatic heterocycles. The van der Waals surface area contributed by atoms with Gasteiger partial charge in [-0.3, -0.25) is 9.69 Å². The van der Waals surface area contributed by atoms with Gasteiger partial charge in [-0.25, -0.2) is 4.79 Å². The quantitative estimate of drug-likeness (QED) is 0.815. The van der Waals surface area contributed by atoms with Crippen molar-refractivity contribution >= 4 is 18.0 Å². The second-order valence-electron chi connectivity index (χ2n) is 6.56. The molecule has 7 heteroatoms. The summed E-state index contributed by atoms with van der Waals surface area (Å²) in [5, 5.41) is 14.0. The Bertz CT molecular complexity index is 825. The monoisotopic (exact) mass is 381 g/mol. The normalized spacial score (nSPS) is 17.0. The molecule has 7 nitrogen and oxygen atoms in total. The summed E-state index contributed by atoms with van der Waals surface area (Å²) in [5.41, 5.74) is 1.25. The minimum absolute atomic E-state index is 0.107.